The number of benzene rings is 2. The van der Waals surface area contributed by atoms with E-state index in [-0.39, 0.29) is 11.9 Å². The van der Waals surface area contributed by atoms with Crippen LogP contribution in [-0.4, -0.2) is 29.3 Å². The van der Waals surface area contributed by atoms with Crippen LogP contribution >= 0.6 is 12.2 Å². The molecule has 2 aromatic rings. The van der Waals surface area contributed by atoms with Gasteiger partial charge in [0.05, 0.1) is 6.10 Å². The van der Waals surface area contributed by atoms with E-state index in [0.717, 1.165) is 30.7 Å². The van der Waals surface area contributed by atoms with Crippen molar-refractivity contribution in [3.63, 3.8) is 0 Å². The highest BCUT2D eigenvalue weighted by Gasteiger charge is 2.21. The van der Waals surface area contributed by atoms with E-state index in [2.05, 4.69) is 16.3 Å². The van der Waals surface area contributed by atoms with E-state index >= 15 is 0 Å². The van der Waals surface area contributed by atoms with Gasteiger partial charge in [0.2, 0.25) is 0 Å². The quantitative estimate of drug-likeness (QED) is 0.795. The van der Waals surface area contributed by atoms with Gasteiger partial charge >= 0.3 is 0 Å². The molecule has 0 radical (unpaired) electrons. The fraction of sp³-hybridized carbons (Fsp3) is 0.350. The number of halogens is 1. The van der Waals surface area contributed by atoms with E-state index in [0.29, 0.717) is 18.2 Å². The van der Waals surface area contributed by atoms with Gasteiger partial charge in [-0.1, -0.05) is 24.3 Å². The van der Waals surface area contributed by atoms with Crippen LogP contribution in [0.15, 0.2) is 48.5 Å². The summed E-state index contributed by atoms with van der Waals surface area (Å²) in [6.07, 6.45) is 2.29. The van der Waals surface area contributed by atoms with Crippen molar-refractivity contribution >= 4 is 23.0 Å². The second-order valence-electron chi connectivity index (χ2n) is 6.45. The molecule has 0 spiro atoms. The molecule has 1 aliphatic heterocycles. The Bertz CT molecular complexity index is 731. The molecular weight excluding hydrogens is 335 g/mol. The average Bonchev–Trinajstić information content (AvgIpc) is 3.07. The standard InChI is InChI=1S/C20H23FN2OS/c1-15-5-2-8-18(11-15)22-20(25)23(14-19-9-4-10-24-19)13-16-6-3-7-17(21)12-16/h2-3,5-8,11-12,19H,4,9-10,13-14H2,1H3,(H,22,25). The van der Waals surface area contributed by atoms with Gasteiger partial charge < -0.3 is 15.0 Å². The van der Waals surface area contributed by atoms with E-state index in [1.807, 2.05) is 31.2 Å². The van der Waals surface area contributed by atoms with Crippen molar-refractivity contribution in [2.45, 2.75) is 32.4 Å². The van der Waals surface area contributed by atoms with E-state index in [4.69, 9.17) is 17.0 Å². The maximum Gasteiger partial charge on any atom is 0.173 e. The normalized spacial score (nSPS) is 16.6. The summed E-state index contributed by atoms with van der Waals surface area (Å²) in [4.78, 5) is 2.06. The van der Waals surface area contributed by atoms with Crippen LogP contribution in [0.25, 0.3) is 0 Å². The molecule has 0 aromatic heterocycles. The second-order valence-corrected chi connectivity index (χ2v) is 6.83. The molecule has 1 aliphatic rings. The highest BCUT2D eigenvalue weighted by Crippen LogP contribution is 2.17. The Hall–Kier alpha value is -1.98. The van der Waals surface area contributed by atoms with Gasteiger partial charge in [0.1, 0.15) is 5.82 Å². The highest BCUT2D eigenvalue weighted by molar-refractivity contribution is 7.80. The summed E-state index contributed by atoms with van der Waals surface area (Å²) in [6.45, 7) is 4.10. The second kappa shape index (κ2) is 8.41. The number of thiocarbonyl (C=S) groups is 1. The van der Waals surface area contributed by atoms with Gasteiger partial charge in [-0.25, -0.2) is 4.39 Å². The third-order valence-electron chi connectivity index (χ3n) is 4.27. The SMILES string of the molecule is Cc1cccc(NC(=S)N(Cc2cccc(F)c2)CC2CCCO2)c1. The monoisotopic (exact) mass is 358 g/mol. The van der Waals surface area contributed by atoms with Gasteiger partial charge in [0, 0.05) is 25.4 Å². The van der Waals surface area contributed by atoms with Gasteiger partial charge in [-0.2, -0.15) is 0 Å². The molecule has 25 heavy (non-hydrogen) atoms. The van der Waals surface area contributed by atoms with Crippen molar-refractivity contribution in [1.29, 1.82) is 0 Å². The molecular formula is C20H23FN2OS. The molecule has 0 aliphatic carbocycles. The molecule has 3 rings (SSSR count). The molecule has 1 saturated heterocycles. The smallest absolute Gasteiger partial charge is 0.173 e. The number of hydrogen-bond donors (Lipinski definition) is 1. The maximum absolute atomic E-state index is 13.5. The first-order valence-corrected chi connectivity index (χ1v) is 8.99. The van der Waals surface area contributed by atoms with Gasteiger partial charge in [-0.15, -0.1) is 0 Å². The average molecular weight is 358 g/mol. The summed E-state index contributed by atoms with van der Waals surface area (Å²) in [6, 6.07) is 14.7. The van der Waals surface area contributed by atoms with Crippen LogP contribution in [0.3, 0.4) is 0 Å². The lowest BCUT2D eigenvalue weighted by atomic mass is 10.2. The molecule has 0 amide bonds. The summed E-state index contributed by atoms with van der Waals surface area (Å²) in [5.74, 6) is -0.230. The fourth-order valence-corrected chi connectivity index (χ4v) is 3.29. The topological polar surface area (TPSA) is 24.5 Å². The number of nitrogens with zero attached hydrogens (tertiary/aromatic N) is 1. The highest BCUT2D eigenvalue weighted by atomic mass is 32.1. The summed E-state index contributed by atoms with van der Waals surface area (Å²) < 4.78 is 19.3. The number of nitrogens with one attached hydrogen (secondary N) is 1. The fourth-order valence-electron chi connectivity index (χ4n) is 3.03. The van der Waals surface area contributed by atoms with Crippen molar-refractivity contribution in [2.24, 2.45) is 0 Å². The Morgan fingerprint density at radius 3 is 2.84 bits per heavy atom. The van der Waals surface area contributed by atoms with Crippen LogP contribution in [0.2, 0.25) is 0 Å². The lowest BCUT2D eigenvalue weighted by molar-refractivity contribution is 0.0905. The van der Waals surface area contributed by atoms with Crippen molar-refractivity contribution in [1.82, 2.24) is 4.90 Å². The van der Waals surface area contributed by atoms with Gasteiger partial charge in [-0.3, -0.25) is 0 Å². The van der Waals surface area contributed by atoms with E-state index < -0.39 is 0 Å². The zero-order chi connectivity index (χ0) is 17.6. The summed E-state index contributed by atoms with van der Waals surface area (Å²) in [5.41, 5.74) is 3.02. The third-order valence-corrected chi connectivity index (χ3v) is 4.63. The van der Waals surface area contributed by atoms with Crippen molar-refractivity contribution < 1.29 is 9.13 Å². The number of rotatable bonds is 5. The largest absolute Gasteiger partial charge is 0.376 e. The minimum atomic E-state index is -0.230. The molecule has 1 atom stereocenters. The van der Waals surface area contributed by atoms with Gasteiger partial charge in [0.15, 0.2) is 5.11 Å². The number of aryl methyl sites for hydroxylation is 1. The van der Waals surface area contributed by atoms with E-state index in [9.17, 15) is 4.39 Å². The van der Waals surface area contributed by atoms with Crippen LogP contribution < -0.4 is 5.32 Å². The minimum absolute atomic E-state index is 0.172. The Morgan fingerprint density at radius 2 is 2.12 bits per heavy atom. The van der Waals surface area contributed by atoms with Crippen molar-refractivity contribution in [3.8, 4) is 0 Å². The molecule has 1 N–H and O–H groups in total. The molecule has 1 heterocycles. The molecule has 0 saturated carbocycles. The zero-order valence-electron chi connectivity index (χ0n) is 14.4. The first-order chi connectivity index (χ1) is 12.1. The lowest BCUT2D eigenvalue weighted by Crippen LogP contribution is -2.39. The van der Waals surface area contributed by atoms with Gasteiger partial charge in [0.25, 0.3) is 0 Å². The molecule has 2 aromatic carbocycles. The lowest BCUT2D eigenvalue weighted by Gasteiger charge is -2.28. The van der Waals surface area contributed by atoms with Crippen molar-refractivity contribution in [2.75, 3.05) is 18.5 Å². The van der Waals surface area contributed by atoms with Crippen LogP contribution in [0.4, 0.5) is 10.1 Å². The summed E-state index contributed by atoms with van der Waals surface area (Å²) in [7, 11) is 0. The first kappa shape index (κ1) is 17.8. The minimum Gasteiger partial charge on any atom is -0.376 e. The van der Waals surface area contributed by atoms with E-state index in [1.54, 1.807) is 12.1 Å². The van der Waals surface area contributed by atoms with Crippen LogP contribution in [0.5, 0.6) is 0 Å². The zero-order valence-corrected chi connectivity index (χ0v) is 15.2. The molecule has 1 fully saturated rings. The van der Waals surface area contributed by atoms with Crippen LogP contribution in [0, 0.1) is 12.7 Å². The maximum atomic E-state index is 13.5. The molecule has 132 valence electrons. The van der Waals surface area contributed by atoms with Crippen LogP contribution in [-0.2, 0) is 11.3 Å². The molecule has 5 heteroatoms. The summed E-state index contributed by atoms with van der Waals surface area (Å²) >= 11 is 5.63. The predicted molar refractivity (Wildman–Crippen MR) is 103 cm³/mol. The Kier molecular flexibility index (Phi) is 6.00. The Labute approximate surface area is 153 Å². The Morgan fingerprint density at radius 1 is 1.28 bits per heavy atom. The van der Waals surface area contributed by atoms with E-state index in [1.165, 1.54) is 11.6 Å². The predicted octanol–water partition coefficient (Wildman–Crippen LogP) is 4.51. The number of anilines is 1. The first-order valence-electron chi connectivity index (χ1n) is 8.59. The van der Waals surface area contributed by atoms with Gasteiger partial charge in [-0.05, 0) is 67.4 Å². The van der Waals surface area contributed by atoms with Crippen molar-refractivity contribution in [3.05, 3.63) is 65.5 Å². The molecule has 1 unspecified atom stereocenters. The number of hydrogen-bond acceptors (Lipinski definition) is 2. The summed E-state index contributed by atoms with van der Waals surface area (Å²) in [5, 5.41) is 3.93. The molecule has 3 nitrogen and oxygen atoms in total. The molecule has 0 bridgehead atoms. The van der Waals surface area contributed by atoms with Crippen LogP contribution in [0.1, 0.15) is 24.0 Å². The number of ether oxygens (including phenoxy) is 1. The Balaban J connectivity index is 1.73. The third kappa shape index (κ3) is 5.25.